The normalized spacial score (nSPS) is 13.6. The number of sulfonamides is 1. The van der Waals surface area contributed by atoms with E-state index in [2.05, 4.69) is 0 Å². The number of hydrogen-bond acceptors (Lipinski definition) is 3. The number of anilines is 2. The minimum atomic E-state index is -3.67. The van der Waals surface area contributed by atoms with Crippen molar-refractivity contribution in [1.82, 2.24) is 0 Å². The Morgan fingerprint density at radius 3 is 2.58 bits per heavy atom. The van der Waals surface area contributed by atoms with Crippen molar-refractivity contribution < 1.29 is 13.2 Å². The first kappa shape index (κ1) is 18.5. The van der Waals surface area contributed by atoms with Crippen LogP contribution in [0.3, 0.4) is 0 Å². The molecule has 5 nitrogen and oxygen atoms in total. The van der Waals surface area contributed by atoms with E-state index in [-0.39, 0.29) is 10.8 Å². The molecule has 1 heterocycles. The van der Waals surface area contributed by atoms with Crippen molar-refractivity contribution in [3.8, 4) is 0 Å². The second-order valence-corrected chi connectivity index (χ2v) is 8.67. The van der Waals surface area contributed by atoms with Gasteiger partial charge < -0.3 is 4.90 Å². The summed E-state index contributed by atoms with van der Waals surface area (Å²) in [5, 5.41) is 0. The van der Waals surface area contributed by atoms with Crippen molar-refractivity contribution in [3.05, 3.63) is 53.1 Å². The van der Waals surface area contributed by atoms with Gasteiger partial charge in [-0.05, 0) is 61.2 Å². The van der Waals surface area contributed by atoms with E-state index < -0.39 is 10.0 Å². The minimum Gasteiger partial charge on any atom is -0.312 e. The third-order valence-corrected chi connectivity index (χ3v) is 6.68. The smallest absolute Gasteiger partial charge is 0.264 e. The maximum Gasteiger partial charge on any atom is 0.264 e. The first-order valence-electron chi connectivity index (χ1n) is 8.75. The highest BCUT2D eigenvalue weighted by molar-refractivity contribution is 7.92. The van der Waals surface area contributed by atoms with Gasteiger partial charge in [0.05, 0.1) is 10.6 Å². The topological polar surface area (TPSA) is 57.7 Å². The van der Waals surface area contributed by atoms with Crippen LogP contribution < -0.4 is 9.21 Å². The Balaban J connectivity index is 1.98. The summed E-state index contributed by atoms with van der Waals surface area (Å²) in [5.41, 5.74) is 4.32. The van der Waals surface area contributed by atoms with Gasteiger partial charge in [-0.2, -0.15) is 0 Å². The largest absolute Gasteiger partial charge is 0.312 e. The van der Waals surface area contributed by atoms with E-state index in [0.29, 0.717) is 25.1 Å². The molecule has 3 rings (SSSR count). The second-order valence-electron chi connectivity index (χ2n) is 6.70. The summed E-state index contributed by atoms with van der Waals surface area (Å²) in [6.07, 6.45) is 1.12. The molecule has 0 bridgehead atoms. The van der Waals surface area contributed by atoms with Gasteiger partial charge in [0.15, 0.2) is 0 Å². The maximum atomic E-state index is 13.1. The van der Waals surface area contributed by atoms with Crippen molar-refractivity contribution in [3.63, 3.8) is 0 Å². The molecule has 1 aliphatic rings. The zero-order valence-electron chi connectivity index (χ0n) is 15.6. The van der Waals surface area contributed by atoms with E-state index in [1.807, 2.05) is 39.0 Å². The van der Waals surface area contributed by atoms with Gasteiger partial charge in [-0.25, -0.2) is 8.42 Å². The highest BCUT2D eigenvalue weighted by Crippen LogP contribution is 2.33. The van der Waals surface area contributed by atoms with Crippen LogP contribution in [0.1, 0.15) is 30.0 Å². The van der Waals surface area contributed by atoms with Gasteiger partial charge >= 0.3 is 0 Å². The van der Waals surface area contributed by atoms with Gasteiger partial charge in [0.25, 0.3) is 10.0 Å². The molecule has 0 saturated carbocycles. The van der Waals surface area contributed by atoms with Gasteiger partial charge in [0, 0.05) is 25.7 Å². The molecule has 26 heavy (non-hydrogen) atoms. The highest BCUT2D eigenvalue weighted by Gasteiger charge is 2.28. The molecule has 1 aliphatic heterocycles. The van der Waals surface area contributed by atoms with E-state index in [1.54, 1.807) is 30.1 Å². The van der Waals surface area contributed by atoms with E-state index in [9.17, 15) is 13.2 Å². The van der Waals surface area contributed by atoms with Crippen LogP contribution in [0.2, 0.25) is 0 Å². The Morgan fingerprint density at radius 2 is 1.88 bits per heavy atom. The van der Waals surface area contributed by atoms with Gasteiger partial charge in [0.1, 0.15) is 0 Å². The highest BCUT2D eigenvalue weighted by atomic mass is 32.2. The average Bonchev–Trinajstić information content (AvgIpc) is 3.05. The molecule has 0 fully saturated rings. The molecular weight excluding hydrogens is 348 g/mol. The molecule has 0 unspecified atom stereocenters. The van der Waals surface area contributed by atoms with E-state index in [0.717, 1.165) is 22.4 Å². The first-order chi connectivity index (χ1) is 12.3. The van der Waals surface area contributed by atoms with Crippen molar-refractivity contribution in [1.29, 1.82) is 0 Å². The fraction of sp³-hybridized carbons (Fsp3) is 0.350. The molecule has 138 valence electrons. The average molecular weight is 372 g/mol. The standard InChI is InChI=1S/C20H24N2O3S/c1-5-20(23)22-11-10-16-13-17(8-9-18(16)22)26(24,25)21(4)19-12-14(2)6-7-15(19)3/h6-9,12-13H,5,10-11H2,1-4H3. The Morgan fingerprint density at radius 1 is 1.15 bits per heavy atom. The van der Waals surface area contributed by atoms with Gasteiger partial charge in [0.2, 0.25) is 5.91 Å². The number of benzene rings is 2. The van der Waals surface area contributed by atoms with Gasteiger partial charge in [-0.15, -0.1) is 0 Å². The fourth-order valence-corrected chi connectivity index (χ4v) is 4.64. The summed E-state index contributed by atoms with van der Waals surface area (Å²) in [6.45, 7) is 6.28. The third kappa shape index (κ3) is 3.09. The number of carbonyl (C=O) groups excluding carboxylic acids is 1. The number of aryl methyl sites for hydroxylation is 2. The Kier molecular flexibility index (Phi) is 4.80. The molecular formula is C20H24N2O3S. The Hall–Kier alpha value is -2.34. The number of hydrogen-bond donors (Lipinski definition) is 0. The number of carbonyl (C=O) groups is 1. The Labute approximate surface area is 155 Å². The van der Waals surface area contributed by atoms with Crippen LogP contribution in [0.5, 0.6) is 0 Å². The molecule has 1 amide bonds. The van der Waals surface area contributed by atoms with E-state index in [4.69, 9.17) is 0 Å². The Bertz CT molecular complexity index is 967. The van der Waals surface area contributed by atoms with Crippen molar-refractivity contribution in [2.24, 2.45) is 0 Å². The first-order valence-corrected chi connectivity index (χ1v) is 10.2. The molecule has 2 aromatic rings. The lowest BCUT2D eigenvalue weighted by Gasteiger charge is -2.22. The molecule has 0 aromatic heterocycles. The summed E-state index contributed by atoms with van der Waals surface area (Å²) in [6, 6.07) is 10.8. The molecule has 0 atom stereocenters. The number of amides is 1. The monoisotopic (exact) mass is 372 g/mol. The predicted octanol–water partition coefficient (Wildman–Crippen LogP) is 3.43. The summed E-state index contributed by atoms with van der Waals surface area (Å²) in [5.74, 6) is 0.0619. The number of fused-ring (bicyclic) bond motifs is 1. The molecule has 6 heteroatoms. The summed E-state index contributed by atoms with van der Waals surface area (Å²) in [7, 11) is -2.09. The van der Waals surface area contributed by atoms with E-state index >= 15 is 0 Å². The van der Waals surface area contributed by atoms with Crippen LogP contribution >= 0.6 is 0 Å². The molecule has 0 saturated heterocycles. The summed E-state index contributed by atoms with van der Waals surface area (Å²) in [4.78, 5) is 14.0. The van der Waals surface area contributed by atoms with Crippen molar-refractivity contribution in [2.45, 2.75) is 38.5 Å². The third-order valence-electron chi connectivity index (χ3n) is 4.91. The van der Waals surface area contributed by atoms with Crippen LogP contribution in [-0.2, 0) is 21.2 Å². The van der Waals surface area contributed by atoms with Crippen molar-refractivity contribution >= 4 is 27.3 Å². The van der Waals surface area contributed by atoms with Crippen LogP contribution in [0.15, 0.2) is 41.3 Å². The number of rotatable bonds is 4. The van der Waals surface area contributed by atoms with Crippen molar-refractivity contribution in [2.75, 3.05) is 22.8 Å². The quantitative estimate of drug-likeness (QED) is 0.826. The second kappa shape index (κ2) is 6.76. The summed E-state index contributed by atoms with van der Waals surface area (Å²) < 4.78 is 27.6. The zero-order valence-corrected chi connectivity index (χ0v) is 16.4. The summed E-state index contributed by atoms with van der Waals surface area (Å²) >= 11 is 0. The molecule has 2 aromatic carbocycles. The van der Waals surface area contributed by atoms with Crippen LogP contribution in [0.25, 0.3) is 0 Å². The zero-order chi connectivity index (χ0) is 19.1. The predicted molar refractivity (Wildman–Crippen MR) is 104 cm³/mol. The number of nitrogens with zero attached hydrogens (tertiary/aromatic N) is 2. The lowest BCUT2D eigenvalue weighted by molar-refractivity contribution is -0.118. The van der Waals surface area contributed by atoms with Crippen LogP contribution in [0.4, 0.5) is 11.4 Å². The van der Waals surface area contributed by atoms with Crippen LogP contribution in [0, 0.1) is 13.8 Å². The lowest BCUT2D eigenvalue weighted by Crippen LogP contribution is -2.28. The molecule has 0 aliphatic carbocycles. The molecule has 0 radical (unpaired) electrons. The SMILES string of the molecule is CCC(=O)N1CCc2cc(S(=O)(=O)N(C)c3cc(C)ccc3C)ccc21. The minimum absolute atomic E-state index is 0.0619. The van der Waals surface area contributed by atoms with E-state index in [1.165, 1.54) is 4.31 Å². The van der Waals surface area contributed by atoms with Crippen LogP contribution in [-0.4, -0.2) is 27.9 Å². The van der Waals surface area contributed by atoms with Gasteiger partial charge in [-0.1, -0.05) is 19.1 Å². The maximum absolute atomic E-state index is 13.1. The molecule has 0 N–H and O–H groups in total. The van der Waals surface area contributed by atoms with Gasteiger partial charge in [-0.3, -0.25) is 9.10 Å². The fourth-order valence-electron chi connectivity index (χ4n) is 3.33. The molecule has 0 spiro atoms. The lowest BCUT2D eigenvalue weighted by atomic mass is 10.1.